The van der Waals surface area contributed by atoms with Crippen LogP contribution in [0.4, 0.5) is 0 Å². The summed E-state index contributed by atoms with van der Waals surface area (Å²) in [5.41, 5.74) is 1.60. The monoisotopic (exact) mass is 397 g/mol. The zero-order valence-electron chi connectivity index (χ0n) is 16.9. The van der Waals surface area contributed by atoms with Crippen LogP contribution in [-0.2, 0) is 0 Å². The fourth-order valence-electron chi connectivity index (χ4n) is 4.23. The molecule has 0 fully saturated rings. The Kier molecular flexibility index (Phi) is 5.79. The van der Waals surface area contributed by atoms with Crippen molar-refractivity contribution >= 4 is 23.2 Å². The molecular formula is C27H26OP+. The quantitative estimate of drug-likeness (QED) is 0.377. The molecule has 0 bridgehead atoms. The number of hydrogen-bond acceptors (Lipinski definition) is 1. The molecule has 1 nitrogen and oxygen atoms in total. The van der Waals surface area contributed by atoms with E-state index >= 15 is 0 Å². The minimum absolute atomic E-state index is 0.296. The highest BCUT2D eigenvalue weighted by molar-refractivity contribution is 7.95. The van der Waals surface area contributed by atoms with Crippen LogP contribution in [0.1, 0.15) is 18.1 Å². The Morgan fingerprint density at radius 1 is 0.586 bits per heavy atom. The van der Waals surface area contributed by atoms with Gasteiger partial charge in [-0.15, -0.1) is 0 Å². The predicted octanol–water partition coefficient (Wildman–Crippen LogP) is 5.75. The van der Waals surface area contributed by atoms with Crippen LogP contribution in [0.15, 0.2) is 115 Å². The standard InChI is InChI=1S/C27H26OP/c1-22(23-13-12-14-24(21-23)28-2)29(25-15-6-3-7-16-25,26-17-8-4-9-18-26)27-19-10-5-11-20-27/h3-22H,1-2H3/q+1. The van der Waals surface area contributed by atoms with E-state index in [4.69, 9.17) is 4.74 Å². The molecule has 0 saturated heterocycles. The number of rotatable bonds is 6. The smallest absolute Gasteiger partial charge is 0.119 e. The zero-order valence-corrected chi connectivity index (χ0v) is 17.8. The summed E-state index contributed by atoms with van der Waals surface area (Å²) in [4.78, 5) is 0. The van der Waals surface area contributed by atoms with Crippen molar-refractivity contribution < 1.29 is 4.74 Å². The van der Waals surface area contributed by atoms with Crippen LogP contribution in [0.3, 0.4) is 0 Å². The number of benzene rings is 4. The van der Waals surface area contributed by atoms with E-state index < -0.39 is 7.26 Å². The average Bonchev–Trinajstić information content (AvgIpc) is 2.82. The topological polar surface area (TPSA) is 9.23 Å². The highest BCUT2D eigenvalue weighted by Gasteiger charge is 2.50. The third kappa shape index (κ3) is 3.59. The van der Waals surface area contributed by atoms with Gasteiger partial charge in [-0.1, -0.05) is 66.7 Å². The second-order valence-electron chi connectivity index (χ2n) is 7.18. The molecule has 0 aliphatic carbocycles. The molecule has 0 aromatic heterocycles. The summed E-state index contributed by atoms with van der Waals surface area (Å²) in [5, 5.41) is 4.19. The third-order valence-corrected chi connectivity index (χ3v) is 10.4. The average molecular weight is 397 g/mol. The van der Waals surface area contributed by atoms with Crippen LogP contribution >= 0.6 is 7.26 Å². The molecule has 0 aliphatic heterocycles. The molecule has 0 aliphatic rings. The third-order valence-electron chi connectivity index (χ3n) is 5.65. The van der Waals surface area contributed by atoms with Crippen LogP contribution in [0.5, 0.6) is 5.75 Å². The van der Waals surface area contributed by atoms with Gasteiger partial charge < -0.3 is 4.74 Å². The van der Waals surface area contributed by atoms with Gasteiger partial charge in [-0.25, -0.2) is 0 Å². The molecule has 144 valence electrons. The highest BCUT2D eigenvalue weighted by Crippen LogP contribution is 2.66. The molecule has 4 rings (SSSR count). The Labute approximate surface area is 174 Å². The summed E-state index contributed by atoms with van der Waals surface area (Å²) in [7, 11) is -0.218. The maximum atomic E-state index is 5.55. The first-order valence-corrected chi connectivity index (χ1v) is 11.8. The fraction of sp³-hybridized carbons (Fsp3) is 0.111. The van der Waals surface area contributed by atoms with Gasteiger partial charge in [-0.2, -0.15) is 0 Å². The van der Waals surface area contributed by atoms with E-state index in [9.17, 15) is 0 Å². The van der Waals surface area contributed by atoms with Gasteiger partial charge in [0.25, 0.3) is 0 Å². The second kappa shape index (κ2) is 8.64. The van der Waals surface area contributed by atoms with E-state index in [1.807, 2.05) is 6.07 Å². The van der Waals surface area contributed by atoms with Crippen LogP contribution in [0.25, 0.3) is 0 Å². The molecule has 2 heteroatoms. The van der Waals surface area contributed by atoms with Crippen molar-refractivity contribution in [2.75, 3.05) is 7.11 Å². The normalized spacial score (nSPS) is 12.3. The lowest BCUT2D eigenvalue weighted by molar-refractivity contribution is 0.414. The summed E-state index contributed by atoms with van der Waals surface area (Å²) >= 11 is 0. The largest absolute Gasteiger partial charge is 0.497 e. The van der Waals surface area contributed by atoms with Crippen molar-refractivity contribution in [3.8, 4) is 5.75 Å². The van der Waals surface area contributed by atoms with E-state index in [0.29, 0.717) is 5.66 Å². The Balaban J connectivity index is 2.05. The molecule has 0 amide bonds. The zero-order chi connectivity index (χ0) is 20.1. The van der Waals surface area contributed by atoms with Crippen molar-refractivity contribution in [3.05, 3.63) is 121 Å². The molecule has 4 aromatic carbocycles. The van der Waals surface area contributed by atoms with E-state index in [-0.39, 0.29) is 0 Å². The van der Waals surface area contributed by atoms with Crippen molar-refractivity contribution in [1.82, 2.24) is 0 Å². The molecule has 4 aromatic rings. The molecule has 0 saturated carbocycles. The first-order valence-electron chi connectivity index (χ1n) is 9.96. The molecule has 0 N–H and O–H groups in total. The molecule has 0 radical (unpaired) electrons. The summed E-state index contributed by atoms with van der Waals surface area (Å²) in [6.07, 6.45) is 0. The summed E-state index contributed by atoms with van der Waals surface area (Å²) < 4.78 is 5.55. The lowest BCUT2D eigenvalue weighted by atomic mass is 10.1. The summed E-state index contributed by atoms with van der Waals surface area (Å²) in [6, 6.07) is 41.6. The van der Waals surface area contributed by atoms with Crippen molar-refractivity contribution in [3.63, 3.8) is 0 Å². The second-order valence-corrected chi connectivity index (χ2v) is 11.0. The molecule has 29 heavy (non-hydrogen) atoms. The minimum Gasteiger partial charge on any atom is -0.497 e. The summed E-state index contributed by atoms with van der Waals surface area (Å²) in [5.74, 6) is 0.904. The fourth-order valence-corrected chi connectivity index (χ4v) is 9.00. The highest BCUT2D eigenvalue weighted by atomic mass is 31.2. The number of hydrogen-bond donors (Lipinski definition) is 0. The molecule has 1 unspecified atom stereocenters. The van der Waals surface area contributed by atoms with Crippen LogP contribution in [0.2, 0.25) is 0 Å². The maximum absolute atomic E-state index is 5.55. The number of ether oxygens (including phenoxy) is 1. The van der Waals surface area contributed by atoms with E-state index in [1.54, 1.807) is 7.11 Å². The van der Waals surface area contributed by atoms with Gasteiger partial charge in [-0.3, -0.25) is 0 Å². The first-order chi connectivity index (χ1) is 14.3. The van der Waals surface area contributed by atoms with Crippen molar-refractivity contribution in [2.45, 2.75) is 12.6 Å². The first kappa shape index (κ1) is 19.4. The van der Waals surface area contributed by atoms with Gasteiger partial charge >= 0.3 is 0 Å². The van der Waals surface area contributed by atoms with E-state index in [2.05, 4.69) is 116 Å². The van der Waals surface area contributed by atoms with Crippen LogP contribution < -0.4 is 20.7 Å². The lowest BCUT2D eigenvalue weighted by Crippen LogP contribution is -2.34. The van der Waals surface area contributed by atoms with Gasteiger partial charge in [0.15, 0.2) is 0 Å². The van der Waals surface area contributed by atoms with Gasteiger partial charge in [0.2, 0.25) is 0 Å². The van der Waals surface area contributed by atoms with Crippen LogP contribution in [-0.4, -0.2) is 7.11 Å². The molecular weight excluding hydrogens is 371 g/mol. The SMILES string of the molecule is COc1cccc(C(C)[P+](c2ccccc2)(c2ccccc2)c2ccccc2)c1. The summed E-state index contributed by atoms with van der Waals surface area (Å²) in [6.45, 7) is 2.37. The molecule has 0 heterocycles. The molecule has 1 atom stereocenters. The maximum Gasteiger partial charge on any atom is 0.119 e. The van der Waals surface area contributed by atoms with Crippen molar-refractivity contribution in [1.29, 1.82) is 0 Å². The van der Waals surface area contributed by atoms with Gasteiger partial charge in [0.1, 0.15) is 34.6 Å². The Morgan fingerprint density at radius 3 is 1.45 bits per heavy atom. The van der Waals surface area contributed by atoms with Crippen LogP contribution in [0, 0.1) is 0 Å². The lowest BCUT2D eigenvalue weighted by Gasteiger charge is -2.33. The Bertz CT molecular complexity index is 949. The Hall–Kier alpha value is -2.89. The Morgan fingerprint density at radius 2 is 1.03 bits per heavy atom. The predicted molar refractivity (Wildman–Crippen MR) is 127 cm³/mol. The van der Waals surface area contributed by atoms with E-state index in [0.717, 1.165) is 5.75 Å². The van der Waals surface area contributed by atoms with Gasteiger partial charge in [0, 0.05) is 0 Å². The van der Waals surface area contributed by atoms with Crippen molar-refractivity contribution in [2.24, 2.45) is 0 Å². The van der Waals surface area contributed by atoms with Gasteiger partial charge in [0.05, 0.1) is 7.11 Å². The van der Waals surface area contributed by atoms with E-state index in [1.165, 1.54) is 21.5 Å². The number of methoxy groups -OCH3 is 1. The van der Waals surface area contributed by atoms with Gasteiger partial charge in [-0.05, 0) is 61.0 Å². The minimum atomic E-state index is -1.95. The molecule has 0 spiro atoms.